The molecule has 1 aromatic carbocycles. The average molecular weight is 307 g/mol. The fourth-order valence-electron chi connectivity index (χ4n) is 1.53. The van der Waals surface area contributed by atoms with E-state index in [-0.39, 0.29) is 0 Å². The smallest absolute Gasteiger partial charge is 0.258 e. The SMILES string of the molecule is C[C@@H](Oc1ccc(OCc2ccc(Cl)cn2)cc1)C(N)=O. The van der Waals surface area contributed by atoms with Crippen LogP contribution in [0.3, 0.4) is 0 Å². The maximum atomic E-state index is 10.9. The van der Waals surface area contributed by atoms with Crippen LogP contribution in [0.2, 0.25) is 5.02 Å². The molecule has 1 heterocycles. The van der Waals surface area contributed by atoms with E-state index in [1.54, 1.807) is 49.5 Å². The van der Waals surface area contributed by atoms with Gasteiger partial charge < -0.3 is 15.2 Å². The van der Waals surface area contributed by atoms with E-state index in [1.165, 1.54) is 0 Å². The molecule has 2 N–H and O–H groups in total. The summed E-state index contributed by atoms with van der Waals surface area (Å²) < 4.78 is 10.9. The van der Waals surface area contributed by atoms with Gasteiger partial charge in [0.15, 0.2) is 6.10 Å². The number of carbonyl (C=O) groups is 1. The first-order valence-electron chi connectivity index (χ1n) is 6.34. The number of halogens is 1. The average Bonchev–Trinajstić information content (AvgIpc) is 2.48. The van der Waals surface area contributed by atoms with Gasteiger partial charge in [-0.25, -0.2) is 0 Å². The number of benzene rings is 1. The Morgan fingerprint density at radius 2 is 1.90 bits per heavy atom. The Bertz CT molecular complexity index is 599. The molecular weight excluding hydrogens is 292 g/mol. The lowest BCUT2D eigenvalue weighted by Crippen LogP contribution is -2.30. The highest BCUT2D eigenvalue weighted by atomic mass is 35.5. The summed E-state index contributed by atoms with van der Waals surface area (Å²) in [6.45, 7) is 1.94. The Hall–Kier alpha value is -2.27. The van der Waals surface area contributed by atoms with Gasteiger partial charge in [-0.05, 0) is 43.3 Å². The Labute approximate surface area is 127 Å². The third kappa shape index (κ3) is 4.65. The predicted molar refractivity (Wildman–Crippen MR) is 79.3 cm³/mol. The van der Waals surface area contributed by atoms with Crippen molar-refractivity contribution in [3.8, 4) is 11.5 Å². The van der Waals surface area contributed by atoms with Crippen molar-refractivity contribution in [2.45, 2.75) is 19.6 Å². The van der Waals surface area contributed by atoms with Gasteiger partial charge in [0, 0.05) is 6.20 Å². The summed E-state index contributed by atoms with van der Waals surface area (Å²) in [6.07, 6.45) is 0.901. The molecule has 0 radical (unpaired) electrons. The maximum absolute atomic E-state index is 10.9. The molecule has 0 fully saturated rings. The minimum absolute atomic E-state index is 0.342. The minimum Gasteiger partial charge on any atom is -0.487 e. The molecule has 0 saturated carbocycles. The number of rotatable bonds is 6. The van der Waals surface area contributed by atoms with Crippen molar-refractivity contribution >= 4 is 17.5 Å². The molecule has 1 amide bonds. The highest BCUT2D eigenvalue weighted by Gasteiger charge is 2.09. The fourth-order valence-corrected chi connectivity index (χ4v) is 1.64. The van der Waals surface area contributed by atoms with Gasteiger partial charge in [-0.3, -0.25) is 9.78 Å². The van der Waals surface area contributed by atoms with E-state index in [2.05, 4.69) is 4.98 Å². The number of pyridine rings is 1. The van der Waals surface area contributed by atoms with E-state index in [1.807, 2.05) is 0 Å². The molecule has 0 aliphatic rings. The number of hydrogen-bond acceptors (Lipinski definition) is 4. The summed E-state index contributed by atoms with van der Waals surface area (Å²) >= 11 is 5.76. The molecule has 1 aromatic heterocycles. The second-order valence-corrected chi connectivity index (χ2v) is 4.83. The molecule has 0 spiro atoms. The van der Waals surface area contributed by atoms with Gasteiger partial charge in [-0.15, -0.1) is 0 Å². The highest BCUT2D eigenvalue weighted by molar-refractivity contribution is 6.30. The van der Waals surface area contributed by atoms with Crippen molar-refractivity contribution < 1.29 is 14.3 Å². The molecule has 0 bridgehead atoms. The number of amides is 1. The zero-order chi connectivity index (χ0) is 15.2. The van der Waals surface area contributed by atoms with Gasteiger partial charge in [0.2, 0.25) is 0 Å². The van der Waals surface area contributed by atoms with Crippen molar-refractivity contribution in [1.82, 2.24) is 4.98 Å². The first-order valence-corrected chi connectivity index (χ1v) is 6.71. The van der Waals surface area contributed by atoms with Gasteiger partial charge in [-0.2, -0.15) is 0 Å². The number of hydrogen-bond donors (Lipinski definition) is 1. The molecule has 2 rings (SSSR count). The van der Waals surface area contributed by atoms with Crippen LogP contribution < -0.4 is 15.2 Å². The number of aromatic nitrogens is 1. The third-order valence-corrected chi connectivity index (χ3v) is 2.94. The van der Waals surface area contributed by atoms with Crippen LogP contribution >= 0.6 is 11.6 Å². The molecule has 21 heavy (non-hydrogen) atoms. The van der Waals surface area contributed by atoms with Crippen LogP contribution in [0.25, 0.3) is 0 Å². The summed E-state index contributed by atoms with van der Waals surface area (Å²) in [5, 5.41) is 0.587. The molecule has 6 heteroatoms. The van der Waals surface area contributed by atoms with E-state index in [9.17, 15) is 4.79 Å². The van der Waals surface area contributed by atoms with Crippen LogP contribution in [0.5, 0.6) is 11.5 Å². The Balaban J connectivity index is 1.90. The zero-order valence-corrected chi connectivity index (χ0v) is 12.2. The quantitative estimate of drug-likeness (QED) is 0.890. The number of primary amides is 1. The van der Waals surface area contributed by atoms with Gasteiger partial charge in [0.25, 0.3) is 5.91 Å². The summed E-state index contributed by atoms with van der Waals surface area (Å²) in [6, 6.07) is 10.5. The molecule has 0 aliphatic carbocycles. The lowest BCUT2D eigenvalue weighted by molar-refractivity contribution is -0.123. The Morgan fingerprint density at radius 1 is 1.24 bits per heavy atom. The second-order valence-electron chi connectivity index (χ2n) is 4.39. The monoisotopic (exact) mass is 306 g/mol. The van der Waals surface area contributed by atoms with E-state index < -0.39 is 12.0 Å². The van der Waals surface area contributed by atoms with Gasteiger partial charge in [-0.1, -0.05) is 11.6 Å². The number of carbonyl (C=O) groups excluding carboxylic acids is 1. The largest absolute Gasteiger partial charge is 0.487 e. The normalized spacial score (nSPS) is 11.7. The van der Waals surface area contributed by atoms with Crippen LogP contribution in [-0.2, 0) is 11.4 Å². The molecule has 0 saturated heterocycles. The van der Waals surface area contributed by atoms with E-state index in [0.29, 0.717) is 23.1 Å². The fraction of sp³-hybridized carbons (Fsp3) is 0.200. The molecule has 0 unspecified atom stereocenters. The second kappa shape index (κ2) is 6.95. The topological polar surface area (TPSA) is 74.4 Å². The Kier molecular flexibility index (Phi) is 5.00. The van der Waals surface area contributed by atoms with E-state index >= 15 is 0 Å². The predicted octanol–water partition coefficient (Wildman–Crippen LogP) is 2.57. The Morgan fingerprint density at radius 3 is 2.48 bits per heavy atom. The number of ether oxygens (including phenoxy) is 2. The van der Waals surface area contributed by atoms with Crippen molar-refractivity contribution in [2.75, 3.05) is 0 Å². The molecule has 110 valence electrons. The van der Waals surface area contributed by atoms with Crippen LogP contribution in [-0.4, -0.2) is 17.0 Å². The van der Waals surface area contributed by atoms with Crippen molar-refractivity contribution in [1.29, 1.82) is 0 Å². The molecule has 1 atom stereocenters. The van der Waals surface area contributed by atoms with Crippen molar-refractivity contribution in [3.05, 3.63) is 53.3 Å². The van der Waals surface area contributed by atoms with Crippen molar-refractivity contribution in [2.24, 2.45) is 5.73 Å². The maximum Gasteiger partial charge on any atom is 0.258 e. The van der Waals surface area contributed by atoms with Crippen LogP contribution in [0.4, 0.5) is 0 Å². The van der Waals surface area contributed by atoms with E-state index in [0.717, 1.165) is 5.69 Å². The first-order chi connectivity index (χ1) is 10.0. The molecule has 0 aliphatic heterocycles. The van der Waals surface area contributed by atoms with Gasteiger partial charge >= 0.3 is 0 Å². The molecule has 2 aromatic rings. The zero-order valence-electron chi connectivity index (χ0n) is 11.5. The summed E-state index contributed by atoms with van der Waals surface area (Å²) in [7, 11) is 0. The minimum atomic E-state index is -0.671. The standard InChI is InChI=1S/C15H15ClN2O3/c1-10(15(17)19)21-14-6-4-13(5-7-14)20-9-12-3-2-11(16)8-18-12/h2-8,10H,9H2,1H3,(H2,17,19)/t10-/m1/s1. The van der Waals surface area contributed by atoms with Crippen molar-refractivity contribution in [3.63, 3.8) is 0 Å². The van der Waals surface area contributed by atoms with Crippen LogP contribution in [0.15, 0.2) is 42.6 Å². The number of nitrogens with two attached hydrogens (primary N) is 1. The van der Waals surface area contributed by atoms with Crippen LogP contribution in [0, 0.1) is 0 Å². The summed E-state index contributed by atoms with van der Waals surface area (Å²) in [5.74, 6) is 0.716. The van der Waals surface area contributed by atoms with E-state index in [4.69, 9.17) is 26.8 Å². The van der Waals surface area contributed by atoms with Gasteiger partial charge in [0.05, 0.1) is 10.7 Å². The lowest BCUT2D eigenvalue weighted by atomic mass is 10.3. The summed E-state index contributed by atoms with van der Waals surface area (Å²) in [4.78, 5) is 15.0. The molecular formula is C15H15ClN2O3. The third-order valence-electron chi connectivity index (χ3n) is 2.71. The summed E-state index contributed by atoms with van der Waals surface area (Å²) in [5.41, 5.74) is 5.91. The van der Waals surface area contributed by atoms with Crippen LogP contribution in [0.1, 0.15) is 12.6 Å². The first kappa shape index (κ1) is 15.1. The van der Waals surface area contributed by atoms with Gasteiger partial charge in [0.1, 0.15) is 18.1 Å². The number of nitrogens with zero attached hydrogens (tertiary/aromatic N) is 1. The molecule has 5 nitrogen and oxygen atoms in total. The lowest BCUT2D eigenvalue weighted by Gasteiger charge is -2.12. The highest BCUT2D eigenvalue weighted by Crippen LogP contribution is 2.19.